The lowest BCUT2D eigenvalue weighted by Crippen LogP contribution is -2.45. The minimum absolute atomic E-state index is 0.142. The van der Waals surface area contributed by atoms with Gasteiger partial charge in [-0.05, 0) is 48.8 Å². The average molecular weight is 392 g/mol. The number of hydrogen-bond donors (Lipinski definition) is 2. The molecule has 0 radical (unpaired) electrons. The van der Waals surface area contributed by atoms with Crippen molar-refractivity contribution in [2.75, 3.05) is 7.11 Å². The molecule has 1 rings (SSSR count). The first-order valence-corrected chi connectivity index (χ1v) is 7.57. The van der Waals surface area contributed by atoms with Gasteiger partial charge in [-0.2, -0.15) is 0 Å². The molecule has 0 saturated heterocycles. The largest absolute Gasteiger partial charge is 0.506 e. The molecule has 23 heavy (non-hydrogen) atoms. The zero-order valence-corrected chi connectivity index (χ0v) is 14.9. The van der Waals surface area contributed by atoms with E-state index in [1.54, 1.807) is 20.8 Å². The summed E-state index contributed by atoms with van der Waals surface area (Å²) in [6, 6.07) is 1.04. The summed E-state index contributed by atoms with van der Waals surface area (Å²) in [4.78, 5) is 23.6. The third kappa shape index (κ3) is 6.05. The molecule has 1 amide bonds. The predicted molar refractivity (Wildman–Crippen MR) is 84.6 cm³/mol. The van der Waals surface area contributed by atoms with Gasteiger partial charge in [0.15, 0.2) is 0 Å². The van der Waals surface area contributed by atoms with Gasteiger partial charge in [0.2, 0.25) is 0 Å². The number of carbonyl (C=O) groups excluding carboxylic acids is 2. The molecule has 0 spiro atoms. The Labute approximate surface area is 142 Å². The van der Waals surface area contributed by atoms with E-state index in [9.17, 15) is 19.1 Å². The number of alkyl carbamates (subject to hydrolysis) is 1. The highest BCUT2D eigenvalue weighted by Gasteiger charge is 2.26. The Hall–Kier alpha value is -1.83. The lowest BCUT2D eigenvalue weighted by atomic mass is 10.0. The van der Waals surface area contributed by atoms with Gasteiger partial charge in [-0.15, -0.1) is 0 Å². The first-order chi connectivity index (χ1) is 10.5. The summed E-state index contributed by atoms with van der Waals surface area (Å²) < 4.78 is 23.3. The SMILES string of the molecule is COC(=O)[C@H](Cc1cc(F)cc(Br)c1O)NC(=O)OC(C)(C)C. The molecule has 6 nitrogen and oxygen atoms in total. The van der Waals surface area contributed by atoms with Crippen molar-refractivity contribution in [3.05, 3.63) is 28.0 Å². The molecule has 128 valence electrons. The number of phenols is 1. The van der Waals surface area contributed by atoms with Gasteiger partial charge >= 0.3 is 12.1 Å². The summed E-state index contributed by atoms with van der Waals surface area (Å²) in [5, 5.41) is 12.3. The molecule has 0 fully saturated rings. The second-order valence-electron chi connectivity index (χ2n) is 5.82. The molecule has 0 aliphatic carbocycles. The van der Waals surface area contributed by atoms with Gasteiger partial charge in [0, 0.05) is 12.0 Å². The highest BCUT2D eigenvalue weighted by Crippen LogP contribution is 2.30. The molecule has 0 heterocycles. The van der Waals surface area contributed by atoms with Crippen LogP contribution in [-0.2, 0) is 20.7 Å². The molecule has 8 heteroatoms. The number of halogens is 2. The molecular weight excluding hydrogens is 373 g/mol. The van der Waals surface area contributed by atoms with Gasteiger partial charge in [-0.3, -0.25) is 0 Å². The fraction of sp³-hybridized carbons (Fsp3) is 0.467. The molecule has 0 aliphatic heterocycles. The first kappa shape index (κ1) is 19.2. The zero-order chi connectivity index (χ0) is 17.8. The van der Waals surface area contributed by atoms with Gasteiger partial charge in [0.05, 0.1) is 11.6 Å². The van der Waals surface area contributed by atoms with Crippen LogP contribution in [-0.4, -0.2) is 35.9 Å². The molecule has 1 aromatic rings. The molecule has 2 N–H and O–H groups in total. The Bertz CT molecular complexity index is 600. The van der Waals surface area contributed by atoms with Crippen LogP contribution in [0.4, 0.5) is 9.18 Å². The van der Waals surface area contributed by atoms with Crippen LogP contribution in [0.3, 0.4) is 0 Å². The Kier molecular flexibility index (Phi) is 6.37. The van der Waals surface area contributed by atoms with E-state index in [1.165, 1.54) is 0 Å². The smallest absolute Gasteiger partial charge is 0.408 e. The average Bonchev–Trinajstić information content (AvgIpc) is 2.40. The first-order valence-electron chi connectivity index (χ1n) is 6.77. The van der Waals surface area contributed by atoms with E-state index < -0.39 is 29.5 Å². The monoisotopic (exact) mass is 391 g/mol. The number of ether oxygens (including phenoxy) is 2. The number of amides is 1. The van der Waals surface area contributed by atoms with Crippen LogP contribution in [0.25, 0.3) is 0 Å². The second kappa shape index (κ2) is 7.63. The van der Waals surface area contributed by atoms with Crippen molar-refractivity contribution in [2.24, 2.45) is 0 Å². The standard InChI is InChI=1S/C15H19BrFNO5/c1-15(2,3)23-14(21)18-11(13(20)22-4)6-8-5-9(17)7-10(16)12(8)19/h5,7,11,19H,6H2,1-4H3,(H,18,21)/t11-/m0/s1. The summed E-state index contributed by atoms with van der Waals surface area (Å²) in [5.41, 5.74) is -0.599. The maximum Gasteiger partial charge on any atom is 0.408 e. The Morgan fingerprint density at radius 3 is 2.52 bits per heavy atom. The number of methoxy groups -OCH3 is 1. The van der Waals surface area contributed by atoms with Gasteiger partial charge in [0.25, 0.3) is 0 Å². The van der Waals surface area contributed by atoms with Crippen molar-refractivity contribution in [3.63, 3.8) is 0 Å². The Morgan fingerprint density at radius 2 is 2.00 bits per heavy atom. The maximum absolute atomic E-state index is 13.5. The summed E-state index contributed by atoms with van der Waals surface area (Å²) in [6.45, 7) is 5.03. The highest BCUT2D eigenvalue weighted by molar-refractivity contribution is 9.10. The van der Waals surface area contributed by atoms with E-state index in [-0.39, 0.29) is 22.2 Å². The summed E-state index contributed by atoms with van der Waals surface area (Å²) in [6.07, 6.45) is -0.975. The molecule has 0 unspecified atom stereocenters. The third-order valence-corrected chi connectivity index (χ3v) is 3.31. The number of rotatable bonds is 4. The van der Waals surface area contributed by atoms with E-state index in [4.69, 9.17) is 4.74 Å². The van der Waals surface area contributed by atoms with Crippen LogP contribution in [0, 0.1) is 5.82 Å². The van der Waals surface area contributed by atoms with Crippen LogP contribution >= 0.6 is 15.9 Å². The highest BCUT2D eigenvalue weighted by atomic mass is 79.9. The maximum atomic E-state index is 13.5. The minimum Gasteiger partial charge on any atom is -0.506 e. The summed E-state index contributed by atoms with van der Waals surface area (Å²) in [5.74, 6) is -1.55. The zero-order valence-electron chi connectivity index (χ0n) is 13.3. The number of benzene rings is 1. The minimum atomic E-state index is -1.13. The fourth-order valence-corrected chi connectivity index (χ4v) is 2.25. The normalized spacial score (nSPS) is 12.4. The van der Waals surface area contributed by atoms with Crippen LogP contribution in [0.15, 0.2) is 16.6 Å². The van der Waals surface area contributed by atoms with Crippen LogP contribution in [0.1, 0.15) is 26.3 Å². The lowest BCUT2D eigenvalue weighted by molar-refractivity contribution is -0.143. The molecule has 0 aromatic heterocycles. The number of carbonyl (C=O) groups is 2. The van der Waals surface area contributed by atoms with Gasteiger partial charge in [0.1, 0.15) is 23.2 Å². The quantitative estimate of drug-likeness (QED) is 0.770. The number of hydrogen-bond acceptors (Lipinski definition) is 5. The molecular formula is C15H19BrFNO5. The van der Waals surface area contributed by atoms with Crippen molar-refractivity contribution < 1.29 is 28.6 Å². The Morgan fingerprint density at radius 1 is 1.39 bits per heavy atom. The van der Waals surface area contributed by atoms with E-state index in [1.807, 2.05) is 0 Å². The van der Waals surface area contributed by atoms with Crippen LogP contribution < -0.4 is 5.32 Å². The molecule has 0 bridgehead atoms. The van der Waals surface area contributed by atoms with Crippen molar-refractivity contribution in [1.82, 2.24) is 5.32 Å². The number of esters is 1. The molecule has 0 aliphatic rings. The van der Waals surface area contributed by atoms with E-state index in [0.717, 1.165) is 19.2 Å². The molecule has 0 saturated carbocycles. The molecule has 1 aromatic carbocycles. The summed E-state index contributed by atoms with van der Waals surface area (Å²) >= 11 is 3.01. The van der Waals surface area contributed by atoms with E-state index in [0.29, 0.717) is 0 Å². The topological polar surface area (TPSA) is 84.9 Å². The van der Waals surface area contributed by atoms with Gasteiger partial charge in [-0.1, -0.05) is 0 Å². The van der Waals surface area contributed by atoms with E-state index in [2.05, 4.69) is 26.0 Å². The Balaban J connectivity index is 2.96. The van der Waals surface area contributed by atoms with Crippen molar-refractivity contribution >= 4 is 28.0 Å². The van der Waals surface area contributed by atoms with Gasteiger partial charge in [-0.25, -0.2) is 14.0 Å². The third-order valence-electron chi connectivity index (χ3n) is 2.71. The predicted octanol–water partition coefficient (Wildman–Crippen LogP) is 2.90. The second-order valence-corrected chi connectivity index (χ2v) is 6.68. The van der Waals surface area contributed by atoms with Crippen molar-refractivity contribution in [3.8, 4) is 5.75 Å². The summed E-state index contributed by atoms with van der Waals surface area (Å²) in [7, 11) is 1.16. The number of phenolic OH excluding ortho intramolecular Hbond substituents is 1. The van der Waals surface area contributed by atoms with Gasteiger partial charge < -0.3 is 19.9 Å². The molecule has 1 atom stereocenters. The lowest BCUT2D eigenvalue weighted by Gasteiger charge is -2.23. The van der Waals surface area contributed by atoms with Crippen molar-refractivity contribution in [1.29, 1.82) is 0 Å². The van der Waals surface area contributed by atoms with Crippen LogP contribution in [0.2, 0.25) is 0 Å². The number of nitrogens with one attached hydrogen (secondary N) is 1. The fourth-order valence-electron chi connectivity index (χ4n) is 1.78. The number of aromatic hydroxyl groups is 1. The van der Waals surface area contributed by atoms with E-state index >= 15 is 0 Å². The van der Waals surface area contributed by atoms with Crippen LogP contribution in [0.5, 0.6) is 5.75 Å². The van der Waals surface area contributed by atoms with Crippen molar-refractivity contribution in [2.45, 2.75) is 38.8 Å².